The van der Waals surface area contributed by atoms with Crippen LogP contribution >= 0.6 is 22.7 Å². The molecule has 0 aliphatic carbocycles. The first-order chi connectivity index (χ1) is 13.4. The van der Waals surface area contributed by atoms with Crippen LogP contribution in [-0.4, -0.2) is 53.9 Å². The molecule has 0 bridgehead atoms. The number of nitrogens with zero attached hydrogens (tertiary/aromatic N) is 4. The van der Waals surface area contributed by atoms with Crippen molar-refractivity contribution in [1.29, 1.82) is 0 Å². The zero-order chi connectivity index (χ0) is 19.9. The lowest BCUT2D eigenvalue weighted by molar-refractivity contribution is 0.0602. The zero-order valence-corrected chi connectivity index (χ0v) is 17.2. The van der Waals surface area contributed by atoms with Crippen LogP contribution in [0, 0.1) is 0 Å². The summed E-state index contributed by atoms with van der Waals surface area (Å²) in [6.07, 6.45) is 0.866. The Morgan fingerprint density at radius 1 is 1.21 bits per heavy atom. The molecule has 0 unspecified atom stereocenters. The number of ether oxygens (including phenoxy) is 1. The molecule has 9 nitrogen and oxygen atoms in total. The predicted molar refractivity (Wildman–Crippen MR) is 104 cm³/mol. The standard InChI is InChI=1S/C16H16N4O5S3/c1-25-16(22)14-12(5-9-27-14)28(23,24)19-6-2-10(3-7-19)20-15(21)13-11(17-18-20)4-8-26-13/h4-5,8-10H,2-3,6-7H2,1H3. The maximum Gasteiger partial charge on any atom is 0.349 e. The summed E-state index contributed by atoms with van der Waals surface area (Å²) in [6.45, 7) is 0.445. The molecule has 3 aromatic rings. The Balaban J connectivity index is 1.55. The van der Waals surface area contributed by atoms with Crippen molar-refractivity contribution >= 4 is 48.9 Å². The van der Waals surface area contributed by atoms with E-state index >= 15 is 0 Å². The summed E-state index contributed by atoms with van der Waals surface area (Å²) in [5.41, 5.74) is 0.367. The summed E-state index contributed by atoms with van der Waals surface area (Å²) in [5.74, 6) is -0.672. The van der Waals surface area contributed by atoms with Crippen LogP contribution in [-0.2, 0) is 14.8 Å². The minimum absolute atomic E-state index is 0.0419. The molecule has 0 saturated carbocycles. The highest BCUT2D eigenvalue weighted by Crippen LogP contribution is 2.30. The van der Waals surface area contributed by atoms with Crippen LogP contribution in [0.15, 0.2) is 32.6 Å². The van der Waals surface area contributed by atoms with E-state index in [1.54, 1.807) is 16.8 Å². The van der Waals surface area contributed by atoms with Gasteiger partial charge in [0.25, 0.3) is 5.56 Å². The third kappa shape index (κ3) is 3.15. The number of rotatable bonds is 4. The number of sulfonamides is 1. The first-order valence-corrected chi connectivity index (χ1v) is 11.6. The Bertz CT molecular complexity index is 1190. The van der Waals surface area contributed by atoms with Gasteiger partial charge in [-0.25, -0.2) is 17.9 Å². The van der Waals surface area contributed by atoms with E-state index in [0.29, 0.717) is 23.1 Å². The molecular formula is C16H16N4O5S3. The summed E-state index contributed by atoms with van der Waals surface area (Å²) in [7, 11) is -2.61. The molecule has 12 heteroatoms. The fourth-order valence-corrected chi connectivity index (χ4v) is 6.76. The number of hydrogen-bond donors (Lipinski definition) is 0. The highest BCUT2D eigenvalue weighted by molar-refractivity contribution is 7.89. The van der Waals surface area contributed by atoms with E-state index in [2.05, 4.69) is 15.0 Å². The third-order valence-electron chi connectivity index (χ3n) is 4.68. The molecule has 0 amide bonds. The van der Waals surface area contributed by atoms with E-state index in [0.717, 1.165) is 11.3 Å². The summed E-state index contributed by atoms with van der Waals surface area (Å²) >= 11 is 2.35. The van der Waals surface area contributed by atoms with E-state index in [1.807, 2.05) is 0 Å². The Morgan fingerprint density at radius 3 is 2.64 bits per heavy atom. The van der Waals surface area contributed by atoms with Crippen molar-refractivity contribution in [1.82, 2.24) is 19.3 Å². The maximum absolute atomic E-state index is 13.0. The smallest absolute Gasteiger partial charge is 0.349 e. The molecule has 148 valence electrons. The number of aromatic nitrogens is 3. The maximum atomic E-state index is 13.0. The molecule has 1 aliphatic rings. The molecule has 4 rings (SSSR count). The summed E-state index contributed by atoms with van der Waals surface area (Å²) in [6, 6.07) is 2.94. The second-order valence-electron chi connectivity index (χ2n) is 6.21. The number of hydrogen-bond acceptors (Lipinski definition) is 9. The molecule has 1 fully saturated rings. The van der Waals surface area contributed by atoms with Gasteiger partial charge < -0.3 is 4.74 Å². The van der Waals surface area contributed by atoms with Gasteiger partial charge in [0.15, 0.2) is 0 Å². The number of thiophene rings is 2. The lowest BCUT2D eigenvalue weighted by atomic mass is 10.1. The Morgan fingerprint density at radius 2 is 1.93 bits per heavy atom. The normalized spacial score (nSPS) is 16.5. The fourth-order valence-electron chi connectivity index (χ4n) is 3.23. The van der Waals surface area contributed by atoms with Gasteiger partial charge in [0.05, 0.1) is 13.2 Å². The third-order valence-corrected chi connectivity index (χ3v) is 8.54. The van der Waals surface area contributed by atoms with Gasteiger partial charge in [-0.05, 0) is 35.7 Å². The van der Waals surface area contributed by atoms with Crippen LogP contribution in [0.1, 0.15) is 28.6 Å². The Kier molecular flexibility index (Phi) is 5.04. The van der Waals surface area contributed by atoms with Crippen LogP contribution in [0.5, 0.6) is 0 Å². The minimum Gasteiger partial charge on any atom is -0.465 e. The lowest BCUT2D eigenvalue weighted by Gasteiger charge is -2.31. The summed E-state index contributed by atoms with van der Waals surface area (Å²) in [5, 5.41) is 11.4. The van der Waals surface area contributed by atoms with Crippen molar-refractivity contribution in [2.45, 2.75) is 23.8 Å². The number of piperidine rings is 1. The summed E-state index contributed by atoms with van der Waals surface area (Å²) < 4.78 is 33.8. The highest BCUT2D eigenvalue weighted by Gasteiger charge is 2.34. The minimum atomic E-state index is -3.82. The highest BCUT2D eigenvalue weighted by atomic mass is 32.2. The van der Waals surface area contributed by atoms with E-state index in [-0.39, 0.29) is 34.5 Å². The Labute approximate surface area is 168 Å². The fraction of sp³-hybridized carbons (Fsp3) is 0.375. The van der Waals surface area contributed by atoms with Gasteiger partial charge in [-0.2, -0.15) is 4.31 Å². The topological polar surface area (TPSA) is 111 Å². The van der Waals surface area contributed by atoms with Crippen molar-refractivity contribution in [3.05, 3.63) is 38.1 Å². The number of carbonyl (C=O) groups is 1. The quantitative estimate of drug-likeness (QED) is 0.568. The van der Waals surface area contributed by atoms with Crippen LogP contribution in [0.4, 0.5) is 0 Å². The van der Waals surface area contributed by atoms with Gasteiger partial charge >= 0.3 is 5.97 Å². The van der Waals surface area contributed by atoms with Crippen LogP contribution in [0.25, 0.3) is 10.2 Å². The molecule has 0 spiro atoms. The van der Waals surface area contributed by atoms with E-state index < -0.39 is 16.0 Å². The molecule has 1 saturated heterocycles. The second-order valence-corrected chi connectivity index (χ2v) is 9.95. The predicted octanol–water partition coefficient (Wildman–Crippen LogP) is 1.73. The molecule has 0 aromatic carbocycles. The van der Waals surface area contributed by atoms with Gasteiger partial charge in [-0.1, -0.05) is 5.21 Å². The van der Waals surface area contributed by atoms with E-state index in [1.165, 1.54) is 33.5 Å². The van der Waals surface area contributed by atoms with Gasteiger partial charge in [-0.15, -0.1) is 27.8 Å². The molecule has 4 heterocycles. The Hall–Kier alpha value is -2.15. The molecule has 0 radical (unpaired) electrons. The van der Waals surface area contributed by atoms with Crippen molar-refractivity contribution in [3.8, 4) is 0 Å². The SMILES string of the molecule is COC(=O)c1sccc1S(=O)(=O)N1CCC(n2nnc3ccsc3c2=O)CC1. The average Bonchev–Trinajstić information content (AvgIpc) is 3.38. The van der Waals surface area contributed by atoms with Crippen LogP contribution < -0.4 is 5.56 Å². The number of esters is 1. The molecule has 0 N–H and O–H groups in total. The number of fused-ring (bicyclic) bond motifs is 1. The van der Waals surface area contributed by atoms with Crippen LogP contribution in [0.2, 0.25) is 0 Å². The molecule has 3 aromatic heterocycles. The lowest BCUT2D eigenvalue weighted by Crippen LogP contribution is -2.41. The van der Waals surface area contributed by atoms with Crippen molar-refractivity contribution in [2.75, 3.05) is 20.2 Å². The number of carbonyl (C=O) groups excluding carboxylic acids is 1. The van der Waals surface area contributed by atoms with Crippen molar-refractivity contribution < 1.29 is 17.9 Å². The summed E-state index contributed by atoms with van der Waals surface area (Å²) in [4.78, 5) is 24.5. The second kappa shape index (κ2) is 7.35. The largest absolute Gasteiger partial charge is 0.465 e. The van der Waals surface area contributed by atoms with Crippen molar-refractivity contribution in [2.24, 2.45) is 0 Å². The average molecular weight is 441 g/mol. The number of methoxy groups -OCH3 is 1. The van der Waals surface area contributed by atoms with Gasteiger partial charge in [0, 0.05) is 13.1 Å². The molecular weight excluding hydrogens is 424 g/mol. The zero-order valence-electron chi connectivity index (χ0n) is 14.8. The van der Waals surface area contributed by atoms with Gasteiger partial charge in [-0.3, -0.25) is 4.79 Å². The molecule has 0 atom stereocenters. The first-order valence-electron chi connectivity index (χ1n) is 8.42. The van der Waals surface area contributed by atoms with Gasteiger partial charge in [0.1, 0.15) is 20.0 Å². The molecule has 28 heavy (non-hydrogen) atoms. The van der Waals surface area contributed by atoms with Crippen molar-refractivity contribution in [3.63, 3.8) is 0 Å². The first kappa shape index (κ1) is 19.2. The van der Waals surface area contributed by atoms with Gasteiger partial charge in [0.2, 0.25) is 10.0 Å². The molecule has 1 aliphatic heterocycles. The van der Waals surface area contributed by atoms with E-state index in [4.69, 9.17) is 0 Å². The monoisotopic (exact) mass is 440 g/mol. The van der Waals surface area contributed by atoms with Crippen LogP contribution in [0.3, 0.4) is 0 Å². The van der Waals surface area contributed by atoms with E-state index in [9.17, 15) is 18.0 Å².